The number of fused-ring (bicyclic) bond motifs is 3. The van der Waals surface area contributed by atoms with Gasteiger partial charge in [-0.15, -0.1) is 0 Å². The van der Waals surface area contributed by atoms with E-state index in [1.807, 2.05) is 25.1 Å². The number of rotatable bonds is 3. The number of para-hydroxylation sites is 1. The third kappa shape index (κ3) is 4.83. The maximum absolute atomic E-state index is 14.0. The maximum Gasteiger partial charge on any atom is 0.416 e. The number of nitrogens with zero attached hydrogens (tertiary/aromatic N) is 7. The van der Waals surface area contributed by atoms with Crippen molar-refractivity contribution in [3.05, 3.63) is 64.9 Å². The fraction of sp³-hybridized carbons (Fsp3) is 0.448. The van der Waals surface area contributed by atoms with Gasteiger partial charge in [0.1, 0.15) is 17.7 Å². The third-order valence-corrected chi connectivity index (χ3v) is 8.27. The van der Waals surface area contributed by atoms with Gasteiger partial charge in [0.05, 0.1) is 35.7 Å². The lowest BCUT2D eigenvalue weighted by Gasteiger charge is -2.39. The fourth-order valence-corrected chi connectivity index (χ4v) is 6.35. The number of imidazole rings is 1. The second-order valence-corrected chi connectivity index (χ2v) is 11.3. The highest BCUT2D eigenvalue weighted by Crippen LogP contribution is 2.42. The lowest BCUT2D eigenvalue weighted by Crippen LogP contribution is -2.52. The third-order valence-electron chi connectivity index (χ3n) is 8.27. The molecule has 3 aliphatic rings. The van der Waals surface area contributed by atoms with Crippen LogP contribution in [0.3, 0.4) is 0 Å². The van der Waals surface area contributed by atoms with Crippen molar-refractivity contribution in [2.24, 2.45) is 5.92 Å². The zero-order chi connectivity index (χ0) is 29.2. The van der Waals surface area contributed by atoms with Crippen molar-refractivity contribution in [3.8, 4) is 0 Å². The first-order chi connectivity index (χ1) is 19.4. The predicted molar refractivity (Wildman–Crippen MR) is 148 cm³/mol. The Morgan fingerprint density at radius 1 is 1.05 bits per heavy atom. The number of likely N-dealkylation sites (N-methyl/N-ethyl adjacent to an activating group) is 2. The van der Waals surface area contributed by atoms with Gasteiger partial charge in [0.15, 0.2) is 0 Å². The molecule has 0 saturated carbocycles. The van der Waals surface area contributed by atoms with E-state index in [0.717, 1.165) is 54.5 Å². The van der Waals surface area contributed by atoms with E-state index in [-0.39, 0.29) is 23.8 Å². The number of carbonyl (C=O) groups is 2. The van der Waals surface area contributed by atoms with Crippen LogP contribution in [0, 0.1) is 19.8 Å². The first-order valence-corrected chi connectivity index (χ1v) is 13.6. The molecule has 2 atom stereocenters. The van der Waals surface area contributed by atoms with Crippen LogP contribution in [0.15, 0.2) is 36.5 Å². The Balaban J connectivity index is 1.42. The molecule has 0 aliphatic carbocycles. The zero-order valence-corrected chi connectivity index (χ0v) is 23.4. The molecule has 6 rings (SSSR count). The molecule has 3 aromatic rings. The molecule has 1 aromatic carbocycles. The Kier molecular flexibility index (Phi) is 6.55. The van der Waals surface area contributed by atoms with Crippen LogP contribution >= 0.6 is 0 Å². The molecular weight excluding hydrogens is 535 g/mol. The van der Waals surface area contributed by atoms with Crippen LogP contribution in [-0.4, -0.2) is 64.5 Å². The minimum absolute atomic E-state index is 0.0173. The highest BCUT2D eigenvalue weighted by molar-refractivity contribution is 6.10. The summed E-state index contributed by atoms with van der Waals surface area (Å²) >= 11 is 0. The molecule has 216 valence electrons. The van der Waals surface area contributed by atoms with Crippen LogP contribution in [0.1, 0.15) is 34.8 Å². The predicted octanol–water partition coefficient (Wildman–Crippen LogP) is 3.76. The summed E-state index contributed by atoms with van der Waals surface area (Å²) in [6.07, 6.45) is -2.53. The van der Waals surface area contributed by atoms with Crippen molar-refractivity contribution in [2.45, 2.75) is 52.1 Å². The minimum atomic E-state index is -4.61. The van der Waals surface area contributed by atoms with Gasteiger partial charge in [0, 0.05) is 50.9 Å². The molecule has 0 spiro atoms. The molecular formula is C29H32F3N7O2. The molecule has 1 saturated heterocycles. The van der Waals surface area contributed by atoms with Gasteiger partial charge in [-0.1, -0.05) is 12.1 Å². The molecule has 41 heavy (non-hydrogen) atoms. The van der Waals surface area contributed by atoms with E-state index in [0.29, 0.717) is 18.8 Å². The van der Waals surface area contributed by atoms with E-state index >= 15 is 0 Å². The molecule has 1 fully saturated rings. The van der Waals surface area contributed by atoms with Crippen LogP contribution < -0.4 is 14.7 Å². The Morgan fingerprint density at radius 2 is 1.83 bits per heavy atom. The van der Waals surface area contributed by atoms with Crippen molar-refractivity contribution in [1.82, 2.24) is 19.4 Å². The number of benzene rings is 1. The highest BCUT2D eigenvalue weighted by atomic mass is 19.4. The summed E-state index contributed by atoms with van der Waals surface area (Å²) in [5.41, 5.74) is 2.62. The van der Waals surface area contributed by atoms with Gasteiger partial charge >= 0.3 is 6.18 Å². The molecule has 3 aliphatic heterocycles. The molecule has 0 bridgehead atoms. The summed E-state index contributed by atoms with van der Waals surface area (Å²) in [5, 5.41) is 0. The number of hydrogen-bond donors (Lipinski definition) is 0. The summed E-state index contributed by atoms with van der Waals surface area (Å²) in [5.74, 6) is -0.408. The summed E-state index contributed by atoms with van der Waals surface area (Å²) < 4.78 is 43.2. The Morgan fingerprint density at radius 3 is 2.59 bits per heavy atom. The van der Waals surface area contributed by atoms with E-state index in [2.05, 4.69) is 32.6 Å². The van der Waals surface area contributed by atoms with Crippen molar-refractivity contribution in [3.63, 3.8) is 0 Å². The first kappa shape index (κ1) is 27.3. The van der Waals surface area contributed by atoms with Crippen LogP contribution in [0.25, 0.3) is 0 Å². The Hall–Kier alpha value is -3.93. The van der Waals surface area contributed by atoms with E-state index in [1.54, 1.807) is 7.05 Å². The normalized spacial score (nSPS) is 21.5. The van der Waals surface area contributed by atoms with Crippen molar-refractivity contribution in [2.75, 3.05) is 41.9 Å². The van der Waals surface area contributed by atoms with E-state index in [4.69, 9.17) is 4.98 Å². The lowest BCUT2D eigenvalue weighted by atomic mass is 9.95. The second-order valence-electron chi connectivity index (χ2n) is 11.3. The number of pyridine rings is 1. The van der Waals surface area contributed by atoms with Crippen LogP contribution in [-0.2, 0) is 35.4 Å². The average molecular weight is 568 g/mol. The zero-order valence-electron chi connectivity index (χ0n) is 23.4. The van der Waals surface area contributed by atoms with Gasteiger partial charge in [-0.3, -0.25) is 19.4 Å². The van der Waals surface area contributed by atoms with Crippen LogP contribution in [0.2, 0.25) is 0 Å². The SMILES string of the molecule is Cc1cc(C(F)(F)F)cc(N2C(=O)C[C@@H]3CN(Cc4cn5c(n4)CN(C)CC5)c4c(C)cccc4N(C)C(=O)[C@H]32)n1. The molecule has 0 N–H and O–H groups in total. The van der Waals surface area contributed by atoms with E-state index < -0.39 is 29.6 Å². The lowest BCUT2D eigenvalue weighted by molar-refractivity contribution is -0.137. The number of alkyl halides is 3. The Labute approximate surface area is 236 Å². The molecule has 2 amide bonds. The monoisotopic (exact) mass is 567 g/mol. The number of hydrogen-bond acceptors (Lipinski definition) is 6. The number of halogens is 3. The van der Waals surface area contributed by atoms with Gasteiger partial charge in [0.25, 0.3) is 0 Å². The summed E-state index contributed by atoms with van der Waals surface area (Å²) in [6, 6.07) is 6.52. The maximum atomic E-state index is 14.0. The standard InChI is InChI=1S/C29H32F3N7O2/c1-17-6-5-7-22-26(17)38(15-21-14-37-9-8-35(3)16-24(37)34-21)13-19-11-25(40)39(27(19)28(41)36(22)4)23-12-20(29(30,31)32)10-18(2)33-23/h5-7,10,12,14,19,27H,8-9,11,13,15-16H2,1-4H3/t19-,27+/m1/s1. The number of aromatic nitrogens is 3. The molecule has 0 unspecified atom stereocenters. The van der Waals surface area contributed by atoms with Gasteiger partial charge in [-0.25, -0.2) is 9.97 Å². The van der Waals surface area contributed by atoms with E-state index in [1.165, 1.54) is 16.7 Å². The fourth-order valence-electron chi connectivity index (χ4n) is 6.35. The number of amides is 2. The van der Waals surface area contributed by atoms with Crippen molar-refractivity contribution in [1.29, 1.82) is 0 Å². The molecule has 2 aromatic heterocycles. The largest absolute Gasteiger partial charge is 0.416 e. The summed E-state index contributed by atoms with van der Waals surface area (Å²) in [4.78, 5) is 43.7. The number of aryl methyl sites for hydroxylation is 2. The van der Waals surface area contributed by atoms with Gasteiger partial charge in [-0.05, 0) is 44.7 Å². The number of anilines is 3. The van der Waals surface area contributed by atoms with Crippen LogP contribution in [0.4, 0.5) is 30.4 Å². The van der Waals surface area contributed by atoms with Gasteiger partial charge in [-0.2, -0.15) is 13.2 Å². The van der Waals surface area contributed by atoms with Crippen molar-refractivity contribution < 1.29 is 22.8 Å². The summed E-state index contributed by atoms with van der Waals surface area (Å²) in [7, 11) is 3.71. The first-order valence-electron chi connectivity index (χ1n) is 13.6. The van der Waals surface area contributed by atoms with Crippen molar-refractivity contribution >= 4 is 29.0 Å². The molecule has 12 heteroatoms. The molecule has 9 nitrogen and oxygen atoms in total. The topological polar surface area (TPSA) is 77.8 Å². The number of carbonyl (C=O) groups excluding carboxylic acids is 2. The Bertz CT molecular complexity index is 1540. The quantitative estimate of drug-likeness (QED) is 0.480. The average Bonchev–Trinajstić information content (AvgIpc) is 3.44. The van der Waals surface area contributed by atoms with Crippen LogP contribution in [0.5, 0.6) is 0 Å². The molecule has 5 heterocycles. The van der Waals surface area contributed by atoms with Gasteiger partial charge in [0.2, 0.25) is 11.8 Å². The second kappa shape index (κ2) is 9.86. The smallest absolute Gasteiger partial charge is 0.363 e. The molecule has 0 radical (unpaired) electrons. The highest BCUT2D eigenvalue weighted by Gasteiger charge is 2.49. The van der Waals surface area contributed by atoms with Gasteiger partial charge < -0.3 is 14.4 Å². The van der Waals surface area contributed by atoms with E-state index in [9.17, 15) is 22.8 Å². The summed E-state index contributed by atoms with van der Waals surface area (Å²) in [6.45, 7) is 6.79. The minimum Gasteiger partial charge on any atom is -0.363 e.